The largest absolute Gasteiger partial charge is 0.399 e. The molecule has 2 aromatic rings. The Morgan fingerprint density at radius 2 is 2.16 bits per heavy atom. The number of H-pyrrole nitrogens is 1. The second kappa shape index (κ2) is 5.22. The van der Waals surface area contributed by atoms with Crippen LogP contribution in [0.4, 0.5) is 5.69 Å². The van der Waals surface area contributed by atoms with E-state index in [2.05, 4.69) is 9.71 Å². The Kier molecular flexibility index (Phi) is 3.82. The van der Waals surface area contributed by atoms with Crippen LogP contribution >= 0.6 is 0 Å². The van der Waals surface area contributed by atoms with Gasteiger partial charge in [-0.1, -0.05) is 13.3 Å². The van der Waals surface area contributed by atoms with Crippen LogP contribution in [0.15, 0.2) is 29.3 Å². The molecule has 0 spiro atoms. The molecule has 0 aliphatic heterocycles. The summed E-state index contributed by atoms with van der Waals surface area (Å²) >= 11 is 0. The van der Waals surface area contributed by atoms with Crippen LogP contribution in [0.2, 0.25) is 0 Å². The number of aromatic amines is 1. The zero-order valence-corrected chi connectivity index (χ0v) is 11.9. The van der Waals surface area contributed by atoms with Crippen LogP contribution in [-0.2, 0) is 10.0 Å². The highest BCUT2D eigenvalue weighted by molar-refractivity contribution is 7.89. The van der Waals surface area contributed by atoms with Gasteiger partial charge in [0.05, 0.1) is 0 Å². The topological polar surface area (TPSA) is 88.0 Å². The lowest BCUT2D eigenvalue weighted by molar-refractivity contribution is 0.544. The Balaban J connectivity index is 2.38. The van der Waals surface area contributed by atoms with E-state index in [4.69, 9.17) is 5.73 Å². The molecule has 4 N–H and O–H groups in total. The van der Waals surface area contributed by atoms with Gasteiger partial charge < -0.3 is 10.7 Å². The summed E-state index contributed by atoms with van der Waals surface area (Å²) < 4.78 is 27.3. The van der Waals surface area contributed by atoms with E-state index >= 15 is 0 Å². The molecule has 1 heterocycles. The molecule has 0 radical (unpaired) electrons. The van der Waals surface area contributed by atoms with Crippen molar-refractivity contribution in [1.82, 2.24) is 9.71 Å². The van der Waals surface area contributed by atoms with Crippen LogP contribution in [-0.4, -0.2) is 19.4 Å². The van der Waals surface area contributed by atoms with Crippen molar-refractivity contribution in [3.8, 4) is 0 Å². The quantitative estimate of drug-likeness (QED) is 0.734. The van der Waals surface area contributed by atoms with Crippen LogP contribution in [0.3, 0.4) is 0 Å². The molecule has 0 saturated carbocycles. The summed E-state index contributed by atoms with van der Waals surface area (Å²) in [6.45, 7) is 3.90. The lowest BCUT2D eigenvalue weighted by Crippen LogP contribution is -2.32. The van der Waals surface area contributed by atoms with E-state index in [0.29, 0.717) is 11.1 Å². The van der Waals surface area contributed by atoms with Crippen molar-refractivity contribution in [1.29, 1.82) is 0 Å². The second-order valence-electron chi connectivity index (χ2n) is 4.77. The molecule has 0 bridgehead atoms. The molecule has 1 atom stereocenters. The molecule has 1 aromatic carbocycles. The molecule has 1 aromatic heterocycles. The Labute approximate surface area is 113 Å². The number of aromatic nitrogens is 1. The van der Waals surface area contributed by atoms with E-state index < -0.39 is 10.0 Å². The Morgan fingerprint density at radius 3 is 2.84 bits per heavy atom. The summed E-state index contributed by atoms with van der Waals surface area (Å²) in [5.41, 5.74) is 7.01. The molecule has 1 unspecified atom stereocenters. The molecule has 19 heavy (non-hydrogen) atoms. The molecule has 5 nitrogen and oxygen atoms in total. The minimum Gasteiger partial charge on any atom is -0.399 e. The Hall–Kier alpha value is -1.53. The summed E-state index contributed by atoms with van der Waals surface area (Å²) in [6, 6.07) is 5.07. The van der Waals surface area contributed by atoms with Gasteiger partial charge in [-0.25, -0.2) is 13.1 Å². The van der Waals surface area contributed by atoms with Gasteiger partial charge in [-0.05, 0) is 31.5 Å². The van der Waals surface area contributed by atoms with E-state index in [1.807, 2.05) is 13.8 Å². The average Bonchev–Trinajstić information content (AvgIpc) is 2.71. The smallest absolute Gasteiger partial charge is 0.242 e. The van der Waals surface area contributed by atoms with E-state index in [9.17, 15) is 8.42 Å². The molecule has 104 valence electrons. The number of anilines is 1. The van der Waals surface area contributed by atoms with Gasteiger partial charge in [0.1, 0.15) is 4.90 Å². The fourth-order valence-electron chi connectivity index (χ4n) is 2.16. The van der Waals surface area contributed by atoms with Gasteiger partial charge in [0.2, 0.25) is 10.0 Å². The predicted octanol–water partition coefficient (Wildman–Crippen LogP) is 2.22. The molecular weight excluding hydrogens is 262 g/mol. The summed E-state index contributed by atoms with van der Waals surface area (Å²) in [4.78, 5) is 3.21. The predicted molar refractivity (Wildman–Crippen MR) is 77.4 cm³/mol. The Morgan fingerprint density at radius 1 is 1.42 bits per heavy atom. The minimum absolute atomic E-state index is 0.0752. The fourth-order valence-corrected chi connectivity index (χ4v) is 3.62. The third-order valence-corrected chi connectivity index (χ3v) is 4.66. The minimum atomic E-state index is -3.50. The van der Waals surface area contributed by atoms with Crippen molar-refractivity contribution < 1.29 is 8.42 Å². The normalized spacial score (nSPS) is 13.8. The second-order valence-corrected chi connectivity index (χ2v) is 6.45. The maximum absolute atomic E-state index is 12.3. The van der Waals surface area contributed by atoms with Crippen LogP contribution < -0.4 is 10.5 Å². The highest BCUT2D eigenvalue weighted by atomic mass is 32.2. The number of fused-ring (bicyclic) bond motifs is 1. The van der Waals surface area contributed by atoms with E-state index in [0.717, 1.165) is 18.4 Å². The van der Waals surface area contributed by atoms with Crippen LogP contribution in [0.25, 0.3) is 10.9 Å². The maximum atomic E-state index is 12.3. The van der Waals surface area contributed by atoms with Crippen molar-refractivity contribution in [3.63, 3.8) is 0 Å². The lowest BCUT2D eigenvalue weighted by Gasteiger charge is -2.12. The number of rotatable bonds is 5. The van der Waals surface area contributed by atoms with Gasteiger partial charge >= 0.3 is 0 Å². The molecule has 6 heteroatoms. The number of nitrogens with two attached hydrogens (primary N) is 1. The first-order valence-corrected chi connectivity index (χ1v) is 7.81. The molecule has 2 rings (SSSR count). The molecule has 0 fully saturated rings. The number of nitrogen functional groups attached to an aromatic ring is 1. The highest BCUT2D eigenvalue weighted by Gasteiger charge is 2.20. The molecule has 0 aliphatic rings. The van der Waals surface area contributed by atoms with Crippen molar-refractivity contribution in [2.75, 3.05) is 5.73 Å². The van der Waals surface area contributed by atoms with Gasteiger partial charge in [-0.2, -0.15) is 0 Å². The average molecular weight is 281 g/mol. The summed E-state index contributed by atoms with van der Waals surface area (Å²) in [6.07, 6.45) is 3.26. The third-order valence-electron chi connectivity index (χ3n) is 3.04. The SMILES string of the molecule is CCCC(C)NS(=O)(=O)c1c[nH]c2cc(N)ccc12. The summed E-state index contributed by atoms with van der Waals surface area (Å²) in [5, 5.41) is 0.658. The van der Waals surface area contributed by atoms with Gasteiger partial charge in [-0.3, -0.25) is 0 Å². The fraction of sp³-hybridized carbons (Fsp3) is 0.385. The van der Waals surface area contributed by atoms with Gasteiger partial charge in [0, 0.05) is 28.8 Å². The van der Waals surface area contributed by atoms with Gasteiger partial charge in [0.15, 0.2) is 0 Å². The molecule has 0 saturated heterocycles. The number of benzene rings is 1. The number of hydrogen-bond donors (Lipinski definition) is 3. The van der Waals surface area contributed by atoms with E-state index in [1.165, 1.54) is 6.20 Å². The first-order valence-electron chi connectivity index (χ1n) is 6.33. The van der Waals surface area contributed by atoms with Crippen molar-refractivity contribution in [2.45, 2.75) is 37.6 Å². The van der Waals surface area contributed by atoms with Crippen LogP contribution in [0.5, 0.6) is 0 Å². The number of hydrogen-bond acceptors (Lipinski definition) is 3. The Bertz CT molecular complexity index is 676. The van der Waals surface area contributed by atoms with Crippen LogP contribution in [0, 0.1) is 0 Å². The first kappa shape index (κ1) is 13.9. The molecule has 0 amide bonds. The maximum Gasteiger partial charge on any atom is 0.242 e. The first-order chi connectivity index (χ1) is 8.94. The zero-order chi connectivity index (χ0) is 14.0. The summed E-state index contributed by atoms with van der Waals surface area (Å²) in [5.74, 6) is 0. The number of nitrogens with one attached hydrogen (secondary N) is 2. The standard InChI is InChI=1S/C13H19N3O2S/c1-3-4-9(2)16-19(17,18)13-8-15-12-7-10(14)5-6-11(12)13/h5-9,15-16H,3-4,14H2,1-2H3. The highest BCUT2D eigenvalue weighted by Crippen LogP contribution is 2.24. The zero-order valence-electron chi connectivity index (χ0n) is 11.1. The van der Waals surface area contributed by atoms with Crippen LogP contribution in [0.1, 0.15) is 26.7 Å². The van der Waals surface area contributed by atoms with Gasteiger partial charge in [0.25, 0.3) is 0 Å². The lowest BCUT2D eigenvalue weighted by atomic mass is 10.2. The molecule has 0 aliphatic carbocycles. The van der Waals surface area contributed by atoms with Gasteiger partial charge in [-0.15, -0.1) is 0 Å². The van der Waals surface area contributed by atoms with Crippen molar-refractivity contribution in [3.05, 3.63) is 24.4 Å². The van der Waals surface area contributed by atoms with E-state index in [-0.39, 0.29) is 10.9 Å². The summed E-state index contributed by atoms with van der Waals surface area (Å²) in [7, 11) is -3.50. The third kappa shape index (κ3) is 2.90. The van der Waals surface area contributed by atoms with Crippen molar-refractivity contribution >= 4 is 26.6 Å². The van der Waals surface area contributed by atoms with Crippen molar-refractivity contribution in [2.24, 2.45) is 0 Å². The van der Waals surface area contributed by atoms with E-state index in [1.54, 1.807) is 18.2 Å². The number of sulfonamides is 1. The monoisotopic (exact) mass is 281 g/mol. The molecular formula is C13H19N3O2S.